The Hall–Kier alpha value is -5.00. The molecule has 2 heterocycles. The number of thioether (sulfide) groups is 1. The Bertz CT molecular complexity index is 1770. The van der Waals surface area contributed by atoms with E-state index in [4.69, 9.17) is 9.84 Å². The second kappa shape index (κ2) is 19.0. The van der Waals surface area contributed by atoms with Crippen molar-refractivity contribution in [2.75, 3.05) is 77.8 Å². The van der Waals surface area contributed by atoms with E-state index >= 15 is 0 Å². The molecule has 9 nitrogen and oxygen atoms in total. The average molecular weight is 719 g/mol. The SMILES string of the molecule is CC(=O)N1CCN(CC#Cc2ccc(C(=CCSc3ccc(OCC(=O)O)c(C)c3)c3ccc(C#CCN4CCN(C(C)=O)CC4)cc3)cc2)CC1. The zero-order valence-electron chi connectivity index (χ0n) is 30.2. The number of carboxylic acid groups (broad SMARTS) is 1. The minimum atomic E-state index is -1.00. The highest BCUT2D eigenvalue weighted by Gasteiger charge is 2.18. The van der Waals surface area contributed by atoms with E-state index in [1.165, 1.54) is 0 Å². The van der Waals surface area contributed by atoms with E-state index in [1.807, 2.05) is 34.9 Å². The van der Waals surface area contributed by atoms with Crippen molar-refractivity contribution in [3.8, 4) is 29.4 Å². The Balaban J connectivity index is 1.26. The van der Waals surface area contributed by atoms with E-state index in [0.29, 0.717) is 18.8 Å². The normalized spacial score (nSPS) is 14.8. The van der Waals surface area contributed by atoms with Crippen molar-refractivity contribution in [3.63, 3.8) is 0 Å². The number of carboxylic acids is 1. The molecule has 3 aromatic rings. The molecule has 0 aliphatic carbocycles. The summed E-state index contributed by atoms with van der Waals surface area (Å²) in [7, 11) is 0. The van der Waals surface area contributed by atoms with Crippen molar-refractivity contribution >= 4 is 35.1 Å². The second-order valence-electron chi connectivity index (χ2n) is 12.9. The summed E-state index contributed by atoms with van der Waals surface area (Å²) in [5, 5.41) is 8.95. The first kappa shape index (κ1) is 38.2. The Labute approximate surface area is 311 Å². The maximum atomic E-state index is 11.6. The van der Waals surface area contributed by atoms with Gasteiger partial charge in [0.2, 0.25) is 11.8 Å². The van der Waals surface area contributed by atoms with Crippen molar-refractivity contribution in [1.29, 1.82) is 0 Å². The molecule has 5 rings (SSSR count). The Kier molecular flexibility index (Phi) is 14.0. The largest absolute Gasteiger partial charge is 0.482 e. The summed E-state index contributed by atoms with van der Waals surface area (Å²) in [6.45, 7) is 12.5. The summed E-state index contributed by atoms with van der Waals surface area (Å²) >= 11 is 1.70. The number of benzene rings is 3. The lowest BCUT2D eigenvalue weighted by atomic mass is 9.96. The number of hydrogen-bond donors (Lipinski definition) is 1. The van der Waals surface area contributed by atoms with Gasteiger partial charge in [0.05, 0.1) is 13.1 Å². The van der Waals surface area contributed by atoms with Gasteiger partial charge in [-0.3, -0.25) is 19.4 Å². The molecule has 2 aliphatic heterocycles. The number of carbonyl (C=O) groups is 3. The standard InChI is InChI=1S/C42H46N4O5S/c1-32-30-39(16-17-41(32)51-31-42(49)50)52-29-18-40(37-12-8-35(9-13-37)6-4-19-43-21-25-45(26-22-43)33(2)47)38-14-10-36(11-15-38)7-5-20-44-23-27-46(28-24-44)34(3)48/h8-18,30H,19-29,31H2,1-3H3,(H,49,50). The van der Waals surface area contributed by atoms with Crippen molar-refractivity contribution < 1.29 is 24.2 Å². The van der Waals surface area contributed by atoms with Gasteiger partial charge in [-0.2, -0.15) is 0 Å². The van der Waals surface area contributed by atoms with Crippen LogP contribution < -0.4 is 4.74 Å². The lowest BCUT2D eigenvalue weighted by Gasteiger charge is -2.32. The summed E-state index contributed by atoms with van der Waals surface area (Å²) in [5.41, 5.74) is 6.08. The minimum absolute atomic E-state index is 0.129. The molecular weight excluding hydrogens is 673 g/mol. The first-order valence-electron chi connectivity index (χ1n) is 17.6. The van der Waals surface area contributed by atoms with Crippen LogP contribution in [0.4, 0.5) is 0 Å². The third-order valence-corrected chi connectivity index (χ3v) is 10.1. The molecule has 0 spiro atoms. The van der Waals surface area contributed by atoms with Gasteiger partial charge in [0.15, 0.2) is 6.61 Å². The van der Waals surface area contributed by atoms with Crippen LogP contribution in [0.5, 0.6) is 5.75 Å². The molecule has 0 saturated carbocycles. The highest BCUT2D eigenvalue weighted by Crippen LogP contribution is 2.29. The van der Waals surface area contributed by atoms with E-state index in [0.717, 1.165) is 96.4 Å². The number of ether oxygens (including phenoxy) is 1. The van der Waals surface area contributed by atoms with E-state index in [2.05, 4.69) is 88.1 Å². The zero-order valence-corrected chi connectivity index (χ0v) is 31.0. The molecule has 2 amide bonds. The first-order valence-corrected chi connectivity index (χ1v) is 18.6. The molecule has 2 fully saturated rings. The average Bonchev–Trinajstić information content (AvgIpc) is 3.14. The van der Waals surface area contributed by atoms with Gasteiger partial charge in [-0.1, -0.05) is 54.0 Å². The van der Waals surface area contributed by atoms with Crippen molar-refractivity contribution in [3.05, 3.63) is 101 Å². The smallest absolute Gasteiger partial charge is 0.341 e. The zero-order chi connectivity index (χ0) is 36.9. The molecule has 0 bridgehead atoms. The van der Waals surface area contributed by atoms with Gasteiger partial charge >= 0.3 is 5.97 Å². The first-order chi connectivity index (χ1) is 25.1. The van der Waals surface area contributed by atoms with Crippen molar-refractivity contribution in [2.45, 2.75) is 25.7 Å². The van der Waals surface area contributed by atoms with Crippen LogP contribution >= 0.6 is 11.8 Å². The maximum absolute atomic E-state index is 11.6. The van der Waals surface area contributed by atoms with Gasteiger partial charge in [-0.25, -0.2) is 4.79 Å². The molecule has 0 atom stereocenters. The second-order valence-corrected chi connectivity index (χ2v) is 14.0. The fraction of sp³-hybridized carbons (Fsp3) is 0.357. The van der Waals surface area contributed by atoms with E-state index in [9.17, 15) is 14.4 Å². The van der Waals surface area contributed by atoms with Gasteiger partial charge in [0, 0.05) is 88.0 Å². The number of hydrogen-bond acceptors (Lipinski definition) is 7. The highest BCUT2D eigenvalue weighted by atomic mass is 32.2. The van der Waals surface area contributed by atoms with Crippen molar-refractivity contribution in [1.82, 2.24) is 19.6 Å². The molecule has 270 valence electrons. The molecular formula is C42H46N4O5S. The number of carbonyl (C=O) groups excluding carboxylic acids is 2. The van der Waals surface area contributed by atoms with Gasteiger partial charge in [-0.05, 0) is 71.7 Å². The fourth-order valence-electron chi connectivity index (χ4n) is 6.05. The predicted molar refractivity (Wildman–Crippen MR) is 206 cm³/mol. The van der Waals surface area contributed by atoms with Crippen LogP contribution in [0.25, 0.3) is 5.57 Å². The third-order valence-electron chi connectivity index (χ3n) is 9.13. The van der Waals surface area contributed by atoms with Gasteiger partial charge in [-0.15, -0.1) is 11.8 Å². The van der Waals surface area contributed by atoms with E-state index in [-0.39, 0.29) is 18.4 Å². The van der Waals surface area contributed by atoms with Crippen LogP contribution in [-0.2, 0) is 14.4 Å². The number of aryl methyl sites for hydroxylation is 1. The quantitative estimate of drug-likeness (QED) is 0.238. The van der Waals surface area contributed by atoms with Gasteiger partial charge in [0.25, 0.3) is 0 Å². The van der Waals surface area contributed by atoms with Crippen LogP contribution in [0.15, 0.2) is 77.7 Å². The van der Waals surface area contributed by atoms with Gasteiger partial charge in [0.1, 0.15) is 5.75 Å². The summed E-state index contributed by atoms with van der Waals surface area (Å²) < 4.78 is 5.39. The van der Waals surface area contributed by atoms with Crippen molar-refractivity contribution in [2.24, 2.45) is 0 Å². The third kappa shape index (κ3) is 11.5. The molecule has 3 aromatic carbocycles. The van der Waals surface area contributed by atoms with Crippen LogP contribution in [0.2, 0.25) is 0 Å². The Morgan fingerprint density at radius 2 is 1.21 bits per heavy atom. The van der Waals surface area contributed by atoms with Crippen LogP contribution in [-0.4, -0.2) is 120 Å². The Morgan fingerprint density at radius 1 is 0.731 bits per heavy atom. The molecule has 10 heteroatoms. The highest BCUT2D eigenvalue weighted by molar-refractivity contribution is 7.99. The summed E-state index contributed by atoms with van der Waals surface area (Å²) in [5.74, 6) is 13.8. The molecule has 2 aliphatic rings. The predicted octanol–water partition coefficient (Wildman–Crippen LogP) is 4.71. The van der Waals surface area contributed by atoms with Gasteiger partial charge < -0.3 is 19.6 Å². The van der Waals surface area contributed by atoms with E-state index in [1.54, 1.807) is 25.6 Å². The molecule has 0 radical (unpaired) electrons. The number of amides is 2. The lowest BCUT2D eigenvalue weighted by Crippen LogP contribution is -2.47. The lowest BCUT2D eigenvalue weighted by molar-refractivity contribution is -0.139. The topological polar surface area (TPSA) is 93.6 Å². The minimum Gasteiger partial charge on any atom is -0.482 e. The molecule has 0 unspecified atom stereocenters. The van der Waals surface area contributed by atoms with E-state index < -0.39 is 5.97 Å². The van der Waals surface area contributed by atoms with Crippen LogP contribution in [0.1, 0.15) is 41.7 Å². The molecule has 1 N–H and O–H groups in total. The molecule has 2 saturated heterocycles. The summed E-state index contributed by atoms with van der Waals surface area (Å²) in [6.07, 6.45) is 2.23. The fourth-order valence-corrected chi connectivity index (χ4v) is 6.92. The van der Waals surface area contributed by atoms with Crippen LogP contribution in [0.3, 0.4) is 0 Å². The number of nitrogens with zero attached hydrogens (tertiary/aromatic N) is 4. The maximum Gasteiger partial charge on any atom is 0.341 e. The summed E-state index contributed by atoms with van der Waals surface area (Å²) in [6, 6.07) is 22.5. The number of aliphatic carboxylic acids is 1. The number of rotatable bonds is 10. The molecule has 0 aromatic heterocycles. The number of piperazine rings is 2. The molecule has 52 heavy (non-hydrogen) atoms. The Morgan fingerprint density at radius 3 is 1.63 bits per heavy atom. The van der Waals surface area contributed by atoms with Crippen LogP contribution in [0, 0.1) is 30.6 Å². The summed E-state index contributed by atoms with van der Waals surface area (Å²) in [4.78, 5) is 43.5. The monoisotopic (exact) mass is 718 g/mol.